The quantitative estimate of drug-likeness (QED) is 0.423. The van der Waals surface area contributed by atoms with Crippen LogP contribution in [0.15, 0.2) is 18.2 Å². The first kappa shape index (κ1) is 14.2. The molecular weight excluding hydrogens is 222 g/mol. The maximum absolute atomic E-state index is 13.1. The Morgan fingerprint density at radius 1 is 1.19 bits per heavy atom. The van der Waals surface area contributed by atoms with Crippen LogP contribution in [0.5, 0.6) is 0 Å². The zero-order valence-electron chi connectivity index (χ0n) is 9.11. The van der Waals surface area contributed by atoms with Crippen LogP contribution in [0, 0.1) is 27.0 Å². The van der Waals surface area contributed by atoms with E-state index in [0.717, 1.165) is 6.07 Å². The summed E-state index contributed by atoms with van der Waals surface area (Å²) in [5, 5.41) is 14.8. The number of hydrogen-bond acceptors (Lipinski definition) is 3. The molecule has 0 aliphatic heterocycles. The summed E-state index contributed by atoms with van der Waals surface area (Å²) in [4.78, 5) is 8.25. The number of rotatable bonds is 1. The molecular formula is C9H12F2N2O3. The summed E-state index contributed by atoms with van der Waals surface area (Å²) in [5.41, 5.74) is 0.356. The third-order valence-corrected chi connectivity index (χ3v) is 1.65. The minimum Gasteiger partial charge on any atom is -0.356 e. The van der Waals surface area contributed by atoms with E-state index in [1.165, 1.54) is 6.07 Å². The molecule has 1 rings (SSSR count). The predicted molar refractivity (Wildman–Crippen MR) is 56.3 cm³/mol. The standard InChI is InChI=1S/C9H12F2N.NO3/c1-12(2,3)8-6-4-5-7(10)9(8)11;2-1(3)4/h4-6H,1-3H3;/q+1;-1. The van der Waals surface area contributed by atoms with Crippen molar-refractivity contribution in [3.05, 3.63) is 45.2 Å². The fraction of sp³-hybridized carbons (Fsp3) is 0.333. The summed E-state index contributed by atoms with van der Waals surface area (Å²) in [6.45, 7) is 0. The van der Waals surface area contributed by atoms with Gasteiger partial charge in [0.1, 0.15) is 0 Å². The van der Waals surface area contributed by atoms with E-state index in [0.29, 0.717) is 5.69 Å². The van der Waals surface area contributed by atoms with Crippen molar-refractivity contribution in [2.75, 3.05) is 21.1 Å². The molecule has 0 aliphatic carbocycles. The number of benzene rings is 1. The van der Waals surface area contributed by atoms with Crippen LogP contribution in [0.2, 0.25) is 0 Å². The Bertz CT molecular complexity index is 374. The number of nitrogens with zero attached hydrogens (tertiary/aromatic N) is 2. The van der Waals surface area contributed by atoms with E-state index in [1.54, 1.807) is 27.2 Å². The minimum atomic E-state index is -1.75. The summed E-state index contributed by atoms with van der Waals surface area (Å²) < 4.78 is 26.1. The van der Waals surface area contributed by atoms with Gasteiger partial charge in [0.15, 0.2) is 11.5 Å². The highest BCUT2D eigenvalue weighted by Crippen LogP contribution is 2.22. The Hall–Kier alpha value is -1.76. The van der Waals surface area contributed by atoms with Crippen LogP contribution in [0.25, 0.3) is 0 Å². The Labute approximate surface area is 91.2 Å². The van der Waals surface area contributed by atoms with Gasteiger partial charge in [0.25, 0.3) is 0 Å². The van der Waals surface area contributed by atoms with E-state index < -0.39 is 16.7 Å². The molecule has 0 heterocycles. The molecule has 0 amide bonds. The van der Waals surface area contributed by atoms with Crippen molar-refractivity contribution in [3.8, 4) is 0 Å². The fourth-order valence-electron chi connectivity index (χ4n) is 1.01. The van der Waals surface area contributed by atoms with Gasteiger partial charge < -0.3 is 15.3 Å². The second-order valence-electron chi connectivity index (χ2n) is 3.81. The van der Waals surface area contributed by atoms with Gasteiger partial charge in [-0.25, -0.2) is 4.39 Å². The second-order valence-corrected chi connectivity index (χ2v) is 3.81. The Morgan fingerprint density at radius 2 is 1.62 bits per heavy atom. The van der Waals surface area contributed by atoms with Gasteiger partial charge in [-0.05, 0) is 6.07 Å². The molecule has 0 unspecified atom stereocenters. The largest absolute Gasteiger partial charge is 0.356 e. The molecule has 1 aromatic carbocycles. The molecule has 0 saturated carbocycles. The maximum atomic E-state index is 13.1. The zero-order chi connectivity index (χ0) is 12.9. The van der Waals surface area contributed by atoms with Gasteiger partial charge in [-0.15, -0.1) is 0 Å². The Balaban J connectivity index is 0.000000487. The summed E-state index contributed by atoms with van der Waals surface area (Å²) in [6, 6.07) is 4.21. The molecule has 1 aromatic rings. The summed E-state index contributed by atoms with van der Waals surface area (Å²) in [5.74, 6) is -1.55. The highest BCUT2D eigenvalue weighted by molar-refractivity contribution is 5.42. The average molecular weight is 234 g/mol. The summed E-state index contributed by atoms with van der Waals surface area (Å²) in [6.07, 6.45) is 0. The van der Waals surface area contributed by atoms with E-state index in [4.69, 9.17) is 15.3 Å². The van der Waals surface area contributed by atoms with Crippen LogP contribution in [-0.4, -0.2) is 26.2 Å². The maximum Gasteiger partial charge on any atom is 0.219 e. The van der Waals surface area contributed by atoms with Gasteiger partial charge in [0.2, 0.25) is 5.82 Å². The van der Waals surface area contributed by atoms with E-state index in [9.17, 15) is 8.78 Å². The highest BCUT2D eigenvalue weighted by Gasteiger charge is 2.20. The molecule has 0 aliphatic rings. The van der Waals surface area contributed by atoms with Crippen LogP contribution < -0.4 is 4.48 Å². The Kier molecular flexibility index (Phi) is 4.77. The lowest BCUT2D eigenvalue weighted by Gasteiger charge is -2.23. The minimum absolute atomic E-state index is 0.281. The van der Waals surface area contributed by atoms with Crippen molar-refractivity contribution in [2.45, 2.75) is 0 Å². The third-order valence-electron chi connectivity index (χ3n) is 1.65. The number of halogens is 2. The van der Waals surface area contributed by atoms with E-state index >= 15 is 0 Å². The topological polar surface area (TPSA) is 66.2 Å². The molecule has 7 heteroatoms. The first-order valence-electron chi connectivity index (χ1n) is 4.23. The van der Waals surface area contributed by atoms with Gasteiger partial charge in [0, 0.05) is 6.07 Å². The van der Waals surface area contributed by atoms with Gasteiger partial charge in [0.05, 0.1) is 26.2 Å². The van der Waals surface area contributed by atoms with Crippen molar-refractivity contribution < 1.29 is 13.9 Å². The molecule has 0 N–H and O–H groups in total. The normalized spacial score (nSPS) is 10.3. The van der Waals surface area contributed by atoms with E-state index in [-0.39, 0.29) is 4.48 Å². The van der Waals surface area contributed by atoms with Crippen LogP contribution in [0.3, 0.4) is 0 Å². The zero-order valence-corrected chi connectivity index (χ0v) is 9.11. The van der Waals surface area contributed by atoms with Crippen molar-refractivity contribution in [2.24, 2.45) is 0 Å². The lowest BCUT2D eigenvalue weighted by Crippen LogP contribution is -2.35. The first-order chi connectivity index (χ1) is 7.16. The number of hydrogen-bond donors (Lipinski definition) is 0. The summed E-state index contributed by atoms with van der Waals surface area (Å²) >= 11 is 0. The van der Waals surface area contributed by atoms with Gasteiger partial charge in [-0.1, -0.05) is 6.07 Å². The third kappa shape index (κ3) is 4.65. The molecule has 16 heavy (non-hydrogen) atoms. The molecule has 0 saturated heterocycles. The lowest BCUT2D eigenvalue weighted by atomic mass is 10.2. The van der Waals surface area contributed by atoms with Crippen LogP contribution in [0.1, 0.15) is 0 Å². The molecule has 90 valence electrons. The fourth-order valence-corrected chi connectivity index (χ4v) is 1.01. The Morgan fingerprint density at radius 3 is 1.94 bits per heavy atom. The average Bonchev–Trinajstić information content (AvgIpc) is 2.06. The molecule has 0 fully saturated rings. The van der Waals surface area contributed by atoms with Gasteiger partial charge in [-0.3, -0.25) is 4.48 Å². The predicted octanol–water partition coefficient (Wildman–Crippen LogP) is 1.92. The second kappa shape index (κ2) is 5.36. The summed E-state index contributed by atoms with van der Waals surface area (Å²) in [7, 11) is 5.37. The number of quaternary nitrogens is 1. The molecule has 0 aromatic heterocycles. The van der Waals surface area contributed by atoms with Gasteiger partial charge in [-0.2, -0.15) is 4.39 Å². The van der Waals surface area contributed by atoms with Crippen molar-refractivity contribution in [1.82, 2.24) is 4.48 Å². The van der Waals surface area contributed by atoms with E-state index in [1.807, 2.05) is 0 Å². The first-order valence-corrected chi connectivity index (χ1v) is 4.23. The monoisotopic (exact) mass is 234 g/mol. The molecule has 0 radical (unpaired) electrons. The van der Waals surface area contributed by atoms with Crippen LogP contribution in [0.4, 0.5) is 14.5 Å². The lowest BCUT2D eigenvalue weighted by molar-refractivity contribution is -0.402. The van der Waals surface area contributed by atoms with Crippen molar-refractivity contribution in [3.63, 3.8) is 0 Å². The molecule has 0 spiro atoms. The van der Waals surface area contributed by atoms with Crippen molar-refractivity contribution >= 4 is 5.69 Å². The molecule has 5 nitrogen and oxygen atoms in total. The smallest absolute Gasteiger partial charge is 0.219 e. The molecule has 0 bridgehead atoms. The van der Waals surface area contributed by atoms with Crippen LogP contribution >= 0.6 is 0 Å². The van der Waals surface area contributed by atoms with Crippen molar-refractivity contribution in [1.29, 1.82) is 0 Å². The van der Waals surface area contributed by atoms with Gasteiger partial charge >= 0.3 is 0 Å². The highest BCUT2D eigenvalue weighted by atomic mass is 19.2. The SMILES string of the molecule is C[N+](C)(C)c1cccc(F)c1F.O=[N+]([O-])[O-]. The van der Waals surface area contributed by atoms with E-state index in [2.05, 4.69) is 0 Å². The van der Waals surface area contributed by atoms with Crippen LogP contribution in [-0.2, 0) is 0 Å². The molecule has 0 atom stereocenters.